The number of benzene rings is 1. The number of rotatable bonds is 3. The Morgan fingerprint density at radius 2 is 2.04 bits per heavy atom. The summed E-state index contributed by atoms with van der Waals surface area (Å²) in [5.41, 5.74) is 5.09. The summed E-state index contributed by atoms with van der Waals surface area (Å²) >= 11 is 0. The molecule has 0 aromatic heterocycles. The fourth-order valence-electron chi connectivity index (χ4n) is 3.53. The van der Waals surface area contributed by atoms with Crippen LogP contribution in [0.2, 0.25) is 0 Å². The number of piperidine rings is 1. The molecule has 24 heavy (non-hydrogen) atoms. The molecule has 3 aliphatic rings. The molecule has 0 atom stereocenters. The Kier molecular flexibility index (Phi) is 4.30. The van der Waals surface area contributed by atoms with E-state index in [1.54, 1.807) is 0 Å². The van der Waals surface area contributed by atoms with Gasteiger partial charge in [-0.05, 0) is 79.3 Å². The van der Waals surface area contributed by atoms with Gasteiger partial charge in [0.1, 0.15) is 11.9 Å². The van der Waals surface area contributed by atoms with Gasteiger partial charge in [-0.2, -0.15) is 0 Å². The molecule has 4 rings (SSSR count). The Balaban J connectivity index is 1.70. The Hall–Kier alpha value is -2.20. The highest BCUT2D eigenvalue weighted by molar-refractivity contribution is 5.78. The molecular weight excluding hydrogens is 298 g/mol. The molecular formula is C20H25N3O. The summed E-state index contributed by atoms with van der Waals surface area (Å²) in [6.07, 6.45) is 13.2. The van der Waals surface area contributed by atoms with Crippen molar-refractivity contribution in [2.75, 3.05) is 26.7 Å². The number of hydrogen-bond acceptors (Lipinski definition) is 4. The lowest BCUT2D eigenvalue weighted by Gasteiger charge is -2.29. The summed E-state index contributed by atoms with van der Waals surface area (Å²) in [5.74, 6) is 1.05. The first-order valence-corrected chi connectivity index (χ1v) is 8.83. The first kappa shape index (κ1) is 15.3. The lowest BCUT2D eigenvalue weighted by molar-refractivity contribution is 0.159. The monoisotopic (exact) mass is 323 g/mol. The molecule has 4 heteroatoms. The van der Waals surface area contributed by atoms with Crippen molar-refractivity contribution in [2.45, 2.75) is 25.5 Å². The Bertz CT molecular complexity index is 699. The molecule has 2 N–H and O–H groups in total. The lowest BCUT2D eigenvalue weighted by Crippen LogP contribution is -2.34. The first-order chi connectivity index (χ1) is 11.8. The van der Waals surface area contributed by atoms with E-state index in [4.69, 9.17) is 4.74 Å². The van der Waals surface area contributed by atoms with E-state index in [1.807, 2.05) is 6.20 Å². The van der Waals surface area contributed by atoms with Gasteiger partial charge in [0.2, 0.25) is 0 Å². The maximum Gasteiger partial charge on any atom is 0.125 e. The molecule has 0 aliphatic carbocycles. The van der Waals surface area contributed by atoms with E-state index < -0.39 is 0 Å². The van der Waals surface area contributed by atoms with Gasteiger partial charge in [-0.25, -0.2) is 0 Å². The smallest absolute Gasteiger partial charge is 0.125 e. The number of ether oxygens (including phenoxy) is 1. The number of dihydropyridines is 1. The molecule has 1 saturated heterocycles. The van der Waals surface area contributed by atoms with Crippen LogP contribution in [0.1, 0.15) is 29.5 Å². The van der Waals surface area contributed by atoms with Crippen molar-refractivity contribution in [2.24, 2.45) is 0 Å². The van der Waals surface area contributed by atoms with Crippen LogP contribution in [0.25, 0.3) is 11.6 Å². The van der Waals surface area contributed by atoms with Gasteiger partial charge in [0.25, 0.3) is 0 Å². The molecule has 0 bridgehead atoms. The number of nitrogens with one attached hydrogen (secondary N) is 2. The third kappa shape index (κ3) is 3.20. The second kappa shape index (κ2) is 6.73. The van der Waals surface area contributed by atoms with Crippen LogP contribution in [-0.4, -0.2) is 37.7 Å². The summed E-state index contributed by atoms with van der Waals surface area (Å²) in [6.45, 7) is 3.88. The SMILES string of the molecule is CN1C=Cc2cc(C3=CCNC=C3)cc(OC3CCNCC3)c2C1. The van der Waals surface area contributed by atoms with Crippen molar-refractivity contribution in [1.82, 2.24) is 15.5 Å². The molecule has 0 saturated carbocycles. The van der Waals surface area contributed by atoms with Gasteiger partial charge in [-0.15, -0.1) is 0 Å². The van der Waals surface area contributed by atoms with Gasteiger partial charge in [0, 0.05) is 25.7 Å². The van der Waals surface area contributed by atoms with Gasteiger partial charge >= 0.3 is 0 Å². The normalized spacial score (nSPS) is 20.4. The van der Waals surface area contributed by atoms with E-state index in [1.165, 1.54) is 22.3 Å². The zero-order valence-electron chi connectivity index (χ0n) is 14.2. The van der Waals surface area contributed by atoms with Crippen LogP contribution in [-0.2, 0) is 6.54 Å². The lowest BCUT2D eigenvalue weighted by atomic mass is 9.95. The highest BCUT2D eigenvalue weighted by atomic mass is 16.5. The van der Waals surface area contributed by atoms with Crippen LogP contribution in [0, 0.1) is 0 Å². The standard InChI is InChI=1S/C20H25N3O/c1-23-11-6-16-12-17(15-2-7-21-8-3-15)13-20(19(16)14-23)24-18-4-9-22-10-5-18/h2-3,6-7,11-13,18,21-22H,4-5,8-10,14H2,1H3. The molecule has 0 amide bonds. The van der Waals surface area contributed by atoms with Gasteiger partial charge in [-0.1, -0.05) is 6.08 Å². The maximum absolute atomic E-state index is 6.47. The highest BCUT2D eigenvalue weighted by Crippen LogP contribution is 2.34. The maximum atomic E-state index is 6.47. The summed E-state index contributed by atoms with van der Waals surface area (Å²) in [6, 6.07) is 4.52. The van der Waals surface area contributed by atoms with Crippen LogP contribution < -0.4 is 15.4 Å². The van der Waals surface area contributed by atoms with E-state index in [0.29, 0.717) is 6.10 Å². The Morgan fingerprint density at radius 1 is 1.17 bits per heavy atom. The van der Waals surface area contributed by atoms with Crippen molar-refractivity contribution in [1.29, 1.82) is 0 Å². The van der Waals surface area contributed by atoms with E-state index in [0.717, 1.165) is 44.8 Å². The number of hydrogen-bond donors (Lipinski definition) is 2. The summed E-state index contributed by atoms with van der Waals surface area (Å²) < 4.78 is 6.47. The average molecular weight is 323 g/mol. The van der Waals surface area contributed by atoms with Crippen LogP contribution in [0.3, 0.4) is 0 Å². The molecule has 3 aliphatic heterocycles. The number of fused-ring (bicyclic) bond motifs is 1. The minimum Gasteiger partial charge on any atom is -0.490 e. The average Bonchev–Trinajstić information content (AvgIpc) is 2.63. The molecule has 4 nitrogen and oxygen atoms in total. The number of nitrogens with zero attached hydrogens (tertiary/aromatic N) is 1. The minimum atomic E-state index is 0.319. The summed E-state index contributed by atoms with van der Waals surface area (Å²) in [5, 5.41) is 6.63. The molecule has 3 heterocycles. The van der Waals surface area contributed by atoms with Gasteiger partial charge < -0.3 is 20.3 Å². The predicted molar refractivity (Wildman–Crippen MR) is 98.6 cm³/mol. The van der Waals surface area contributed by atoms with E-state index >= 15 is 0 Å². The molecule has 1 fully saturated rings. The topological polar surface area (TPSA) is 36.5 Å². The largest absolute Gasteiger partial charge is 0.490 e. The zero-order valence-corrected chi connectivity index (χ0v) is 14.2. The van der Waals surface area contributed by atoms with Gasteiger partial charge in [-0.3, -0.25) is 0 Å². The van der Waals surface area contributed by atoms with Crippen molar-refractivity contribution in [3.05, 3.63) is 53.4 Å². The first-order valence-electron chi connectivity index (χ1n) is 8.83. The molecule has 0 unspecified atom stereocenters. The third-order valence-electron chi connectivity index (χ3n) is 4.89. The van der Waals surface area contributed by atoms with Crippen molar-refractivity contribution >= 4 is 11.6 Å². The Labute approximate surface area is 143 Å². The highest BCUT2D eigenvalue weighted by Gasteiger charge is 2.20. The summed E-state index contributed by atoms with van der Waals surface area (Å²) in [4.78, 5) is 2.21. The Morgan fingerprint density at radius 3 is 2.83 bits per heavy atom. The predicted octanol–water partition coefficient (Wildman–Crippen LogP) is 2.73. The quantitative estimate of drug-likeness (QED) is 0.897. The zero-order chi connectivity index (χ0) is 16.4. The molecule has 0 radical (unpaired) electrons. The van der Waals surface area contributed by atoms with Gasteiger partial charge in [0.15, 0.2) is 0 Å². The third-order valence-corrected chi connectivity index (χ3v) is 4.89. The van der Waals surface area contributed by atoms with Crippen LogP contribution in [0.4, 0.5) is 0 Å². The van der Waals surface area contributed by atoms with Crippen LogP contribution >= 0.6 is 0 Å². The second-order valence-electron chi connectivity index (χ2n) is 6.74. The van der Waals surface area contributed by atoms with Gasteiger partial charge in [0.05, 0.1) is 0 Å². The minimum absolute atomic E-state index is 0.319. The fourth-order valence-corrected chi connectivity index (χ4v) is 3.53. The molecule has 1 aromatic carbocycles. The van der Waals surface area contributed by atoms with E-state index in [-0.39, 0.29) is 0 Å². The van der Waals surface area contributed by atoms with E-state index in [9.17, 15) is 0 Å². The molecule has 1 aromatic rings. The fraction of sp³-hybridized carbons (Fsp3) is 0.400. The van der Waals surface area contributed by atoms with Crippen LogP contribution in [0.15, 0.2) is 36.7 Å². The number of allylic oxidation sites excluding steroid dienone is 2. The van der Waals surface area contributed by atoms with E-state index in [2.05, 4.69) is 59.1 Å². The van der Waals surface area contributed by atoms with Crippen molar-refractivity contribution < 1.29 is 4.74 Å². The molecule has 0 spiro atoms. The molecule has 126 valence electrons. The van der Waals surface area contributed by atoms with Crippen molar-refractivity contribution in [3.8, 4) is 5.75 Å². The second-order valence-corrected chi connectivity index (χ2v) is 6.74. The van der Waals surface area contributed by atoms with Crippen molar-refractivity contribution in [3.63, 3.8) is 0 Å². The summed E-state index contributed by atoms with van der Waals surface area (Å²) in [7, 11) is 2.11. The van der Waals surface area contributed by atoms with Crippen LogP contribution in [0.5, 0.6) is 5.75 Å².